The van der Waals surface area contributed by atoms with Crippen molar-refractivity contribution in [3.63, 3.8) is 0 Å². The summed E-state index contributed by atoms with van der Waals surface area (Å²) in [6.07, 6.45) is 0.811. The number of hydrogen-bond donors (Lipinski definition) is 2. The Morgan fingerprint density at radius 1 is 1.04 bits per heavy atom. The molecule has 0 spiro atoms. The van der Waals surface area contributed by atoms with Gasteiger partial charge in [-0.3, -0.25) is 9.59 Å². The number of nitrogens with zero attached hydrogens (tertiary/aromatic N) is 1. The Labute approximate surface area is 149 Å². The molecule has 0 radical (unpaired) electrons. The van der Waals surface area contributed by atoms with Gasteiger partial charge in [0.1, 0.15) is 0 Å². The first-order chi connectivity index (χ1) is 12.0. The van der Waals surface area contributed by atoms with Crippen molar-refractivity contribution in [2.75, 3.05) is 32.5 Å². The van der Waals surface area contributed by atoms with Crippen LogP contribution in [0.4, 0.5) is 5.69 Å². The maximum absolute atomic E-state index is 12.0. The molecule has 0 aromatic heterocycles. The van der Waals surface area contributed by atoms with E-state index in [-0.39, 0.29) is 18.4 Å². The molecule has 2 amide bonds. The fourth-order valence-corrected chi connectivity index (χ4v) is 2.49. The third kappa shape index (κ3) is 5.64. The van der Waals surface area contributed by atoms with Crippen molar-refractivity contribution >= 4 is 17.5 Å². The molecule has 0 aliphatic carbocycles. The lowest BCUT2D eigenvalue weighted by atomic mass is 10.1. The van der Waals surface area contributed by atoms with Crippen LogP contribution >= 0.6 is 0 Å². The highest BCUT2D eigenvalue weighted by molar-refractivity contribution is 5.95. The van der Waals surface area contributed by atoms with E-state index in [1.54, 1.807) is 32.3 Å². The highest BCUT2D eigenvalue weighted by Crippen LogP contribution is 2.11. The second-order valence-corrected chi connectivity index (χ2v) is 6.16. The van der Waals surface area contributed by atoms with Crippen LogP contribution < -0.4 is 10.6 Å². The van der Waals surface area contributed by atoms with Crippen LogP contribution in [0, 0.1) is 6.92 Å². The summed E-state index contributed by atoms with van der Waals surface area (Å²) in [6, 6.07) is 15.3. The minimum absolute atomic E-state index is 0.0636. The van der Waals surface area contributed by atoms with Gasteiger partial charge in [0.25, 0.3) is 5.91 Å². The molecule has 2 aromatic carbocycles. The Bertz CT molecular complexity index is 741. The minimum Gasteiger partial charge on any atom is -0.376 e. The first-order valence-corrected chi connectivity index (χ1v) is 8.34. The van der Waals surface area contributed by atoms with Crippen LogP contribution in [0.25, 0.3) is 0 Å². The highest BCUT2D eigenvalue weighted by atomic mass is 16.2. The second kappa shape index (κ2) is 8.87. The summed E-state index contributed by atoms with van der Waals surface area (Å²) in [5.41, 5.74) is 3.82. The normalized spacial score (nSPS) is 10.2. The van der Waals surface area contributed by atoms with Gasteiger partial charge in [-0.1, -0.05) is 30.3 Å². The third-order valence-electron chi connectivity index (χ3n) is 3.95. The fourth-order valence-electron chi connectivity index (χ4n) is 2.49. The Morgan fingerprint density at radius 3 is 2.52 bits per heavy atom. The van der Waals surface area contributed by atoms with Crippen LogP contribution in [0.5, 0.6) is 0 Å². The van der Waals surface area contributed by atoms with Crippen molar-refractivity contribution in [1.82, 2.24) is 10.2 Å². The fraction of sp³-hybridized carbons (Fsp3) is 0.300. The van der Waals surface area contributed by atoms with Crippen molar-refractivity contribution in [2.45, 2.75) is 13.3 Å². The van der Waals surface area contributed by atoms with Crippen LogP contribution in [0.15, 0.2) is 48.5 Å². The zero-order valence-corrected chi connectivity index (χ0v) is 15.0. The molecule has 2 aromatic rings. The van der Waals surface area contributed by atoms with E-state index in [9.17, 15) is 9.59 Å². The summed E-state index contributed by atoms with van der Waals surface area (Å²) in [4.78, 5) is 25.5. The molecular weight excluding hydrogens is 314 g/mol. The molecule has 2 rings (SSSR count). The summed E-state index contributed by atoms with van der Waals surface area (Å²) in [7, 11) is 3.43. The van der Waals surface area contributed by atoms with Crippen LogP contribution in [0.3, 0.4) is 0 Å². The number of hydrogen-bond acceptors (Lipinski definition) is 3. The van der Waals surface area contributed by atoms with E-state index in [0.717, 1.165) is 12.1 Å². The lowest BCUT2D eigenvalue weighted by molar-refractivity contribution is -0.119. The van der Waals surface area contributed by atoms with E-state index < -0.39 is 0 Å². The smallest absolute Gasteiger partial charge is 0.253 e. The number of anilines is 1. The standard InChI is InChI=1S/C20H25N3O2/c1-15-7-4-5-8-16(15)11-12-21-19(24)14-22-18-10-6-9-17(13-18)20(25)23(2)3/h4-10,13,22H,11-12,14H2,1-3H3,(H,21,24). The molecular formula is C20H25N3O2. The van der Waals surface area contributed by atoms with Crippen molar-refractivity contribution in [2.24, 2.45) is 0 Å². The number of carbonyl (C=O) groups excluding carboxylic acids is 2. The van der Waals surface area contributed by atoms with Gasteiger partial charge in [-0.05, 0) is 42.7 Å². The van der Waals surface area contributed by atoms with E-state index in [4.69, 9.17) is 0 Å². The number of amides is 2. The number of benzene rings is 2. The van der Waals surface area contributed by atoms with E-state index in [0.29, 0.717) is 12.1 Å². The molecule has 0 atom stereocenters. The Morgan fingerprint density at radius 2 is 1.80 bits per heavy atom. The van der Waals surface area contributed by atoms with Gasteiger partial charge in [-0.25, -0.2) is 0 Å². The summed E-state index contributed by atoms with van der Waals surface area (Å²) < 4.78 is 0. The number of aryl methyl sites for hydroxylation is 1. The third-order valence-corrected chi connectivity index (χ3v) is 3.95. The van der Waals surface area contributed by atoms with Gasteiger partial charge < -0.3 is 15.5 Å². The molecule has 0 saturated heterocycles. The van der Waals surface area contributed by atoms with Crippen molar-refractivity contribution < 1.29 is 9.59 Å². The molecule has 0 bridgehead atoms. The van der Waals surface area contributed by atoms with E-state index >= 15 is 0 Å². The van der Waals surface area contributed by atoms with Crippen LogP contribution in [-0.2, 0) is 11.2 Å². The SMILES string of the molecule is Cc1ccccc1CCNC(=O)CNc1cccc(C(=O)N(C)C)c1. The zero-order chi connectivity index (χ0) is 18.2. The maximum atomic E-state index is 12.0. The van der Waals surface area contributed by atoms with Gasteiger partial charge in [0.15, 0.2) is 0 Å². The Kier molecular flexibility index (Phi) is 6.57. The predicted molar refractivity (Wildman–Crippen MR) is 101 cm³/mol. The summed E-state index contributed by atoms with van der Waals surface area (Å²) in [5.74, 6) is -0.135. The average molecular weight is 339 g/mol. The van der Waals surface area contributed by atoms with Gasteiger partial charge >= 0.3 is 0 Å². The molecule has 0 aliphatic rings. The molecule has 0 saturated carbocycles. The molecule has 0 aliphatic heterocycles. The largest absolute Gasteiger partial charge is 0.376 e. The van der Waals surface area contributed by atoms with Gasteiger partial charge in [-0.2, -0.15) is 0 Å². The van der Waals surface area contributed by atoms with Crippen LogP contribution in [0.1, 0.15) is 21.5 Å². The summed E-state index contributed by atoms with van der Waals surface area (Å²) in [6.45, 7) is 2.85. The first-order valence-electron chi connectivity index (χ1n) is 8.34. The van der Waals surface area contributed by atoms with Crippen LogP contribution in [0.2, 0.25) is 0 Å². The van der Waals surface area contributed by atoms with Crippen molar-refractivity contribution in [3.05, 3.63) is 65.2 Å². The van der Waals surface area contributed by atoms with Crippen molar-refractivity contribution in [1.29, 1.82) is 0 Å². The first kappa shape index (κ1) is 18.5. The number of rotatable bonds is 7. The molecule has 132 valence electrons. The van der Waals surface area contributed by atoms with E-state index in [1.807, 2.05) is 18.2 Å². The molecule has 2 N–H and O–H groups in total. The molecule has 0 fully saturated rings. The number of carbonyl (C=O) groups is 2. The number of nitrogens with one attached hydrogen (secondary N) is 2. The topological polar surface area (TPSA) is 61.4 Å². The van der Waals surface area contributed by atoms with Gasteiger partial charge in [0.05, 0.1) is 6.54 Å². The lowest BCUT2D eigenvalue weighted by Gasteiger charge is -2.12. The molecule has 0 unspecified atom stereocenters. The quantitative estimate of drug-likeness (QED) is 0.815. The zero-order valence-electron chi connectivity index (χ0n) is 15.0. The van der Waals surface area contributed by atoms with Crippen molar-refractivity contribution in [3.8, 4) is 0 Å². The summed E-state index contributed by atoms with van der Waals surface area (Å²) >= 11 is 0. The lowest BCUT2D eigenvalue weighted by Crippen LogP contribution is -2.31. The van der Waals surface area contributed by atoms with E-state index in [1.165, 1.54) is 16.0 Å². The van der Waals surface area contributed by atoms with Gasteiger partial charge in [0.2, 0.25) is 5.91 Å². The Balaban J connectivity index is 1.79. The Hall–Kier alpha value is -2.82. The second-order valence-electron chi connectivity index (χ2n) is 6.16. The van der Waals surface area contributed by atoms with Crippen LogP contribution in [-0.4, -0.2) is 43.9 Å². The summed E-state index contributed by atoms with van der Waals surface area (Å²) in [5, 5.41) is 5.96. The minimum atomic E-state index is -0.0714. The monoisotopic (exact) mass is 339 g/mol. The molecule has 5 nitrogen and oxygen atoms in total. The van der Waals surface area contributed by atoms with E-state index in [2.05, 4.69) is 29.7 Å². The molecule has 0 heterocycles. The molecule has 25 heavy (non-hydrogen) atoms. The van der Waals surface area contributed by atoms with Gasteiger partial charge in [0, 0.05) is 31.9 Å². The van der Waals surface area contributed by atoms with Gasteiger partial charge in [-0.15, -0.1) is 0 Å². The average Bonchev–Trinajstić information content (AvgIpc) is 2.61. The highest BCUT2D eigenvalue weighted by Gasteiger charge is 2.08. The predicted octanol–water partition coefficient (Wildman–Crippen LogP) is 2.47. The molecule has 5 heteroatoms. The maximum Gasteiger partial charge on any atom is 0.253 e.